The fraction of sp³-hybridized carbons (Fsp3) is 0.731. The van der Waals surface area contributed by atoms with Gasteiger partial charge in [-0.05, 0) is 91.9 Å². The first-order valence-corrected chi connectivity index (χ1v) is 12.0. The van der Waals surface area contributed by atoms with Gasteiger partial charge in [-0.2, -0.15) is 0 Å². The molecule has 2 unspecified atom stereocenters. The van der Waals surface area contributed by atoms with Crippen molar-refractivity contribution in [3.05, 3.63) is 35.9 Å². The first-order valence-electron chi connectivity index (χ1n) is 12.0. The predicted octanol–water partition coefficient (Wildman–Crippen LogP) is 4.69. The summed E-state index contributed by atoms with van der Waals surface area (Å²) in [6, 6.07) is 12.0. The van der Waals surface area contributed by atoms with Crippen LogP contribution in [0.4, 0.5) is 0 Å². The Balaban J connectivity index is 1.27. The number of hydrogen-bond acceptors (Lipinski definition) is 2. The molecular weight excluding hydrogens is 356 g/mol. The second kappa shape index (κ2) is 5.87. The highest BCUT2D eigenvalue weighted by molar-refractivity contribution is 5.84. The lowest BCUT2D eigenvalue weighted by Crippen LogP contribution is -2.65. The van der Waals surface area contributed by atoms with Crippen molar-refractivity contribution in [1.29, 1.82) is 0 Å². The van der Waals surface area contributed by atoms with Crippen LogP contribution < -0.4 is 11.1 Å². The van der Waals surface area contributed by atoms with E-state index in [1.54, 1.807) is 0 Å². The second-order valence-corrected chi connectivity index (χ2v) is 12.0. The van der Waals surface area contributed by atoms with Gasteiger partial charge >= 0.3 is 0 Å². The van der Waals surface area contributed by atoms with Gasteiger partial charge in [0.05, 0.1) is 5.41 Å². The smallest absolute Gasteiger partial charge is 0.226 e. The van der Waals surface area contributed by atoms with Gasteiger partial charge in [-0.3, -0.25) is 4.79 Å². The molecule has 6 aliphatic carbocycles. The summed E-state index contributed by atoms with van der Waals surface area (Å²) < 4.78 is 0. The lowest BCUT2D eigenvalue weighted by Gasteiger charge is -2.66. The molecule has 6 fully saturated rings. The number of amides is 1. The molecule has 7 rings (SSSR count). The number of hydrogen-bond donors (Lipinski definition) is 2. The summed E-state index contributed by atoms with van der Waals surface area (Å²) in [7, 11) is 0. The third-order valence-electron chi connectivity index (χ3n) is 9.89. The van der Waals surface area contributed by atoms with E-state index >= 15 is 0 Å². The quantitative estimate of drug-likeness (QED) is 0.781. The molecule has 0 heterocycles. The molecule has 0 aliphatic heterocycles. The van der Waals surface area contributed by atoms with Crippen molar-refractivity contribution >= 4 is 5.91 Å². The molecule has 3 N–H and O–H groups in total. The van der Waals surface area contributed by atoms with Crippen LogP contribution in [-0.4, -0.2) is 18.0 Å². The molecule has 1 aromatic carbocycles. The van der Waals surface area contributed by atoms with E-state index in [-0.39, 0.29) is 10.8 Å². The van der Waals surface area contributed by atoms with Gasteiger partial charge in [-0.1, -0.05) is 43.7 Å². The van der Waals surface area contributed by atoms with Gasteiger partial charge in [0.2, 0.25) is 5.91 Å². The molecule has 1 aromatic rings. The number of benzene rings is 1. The molecule has 1 amide bonds. The van der Waals surface area contributed by atoms with Crippen molar-refractivity contribution < 1.29 is 4.79 Å². The average molecular weight is 393 g/mol. The molecule has 4 bridgehead atoms. The molecule has 6 saturated carbocycles. The minimum Gasteiger partial charge on any atom is -0.353 e. The molecule has 3 nitrogen and oxygen atoms in total. The highest BCUT2D eigenvalue weighted by Gasteiger charge is 2.65. The predicted molar refractivity (Wildman–Crippen MR) is 115 cm³/mol. The van der Waals surface area contributed by atoms with Crippen molar-refractivity contribution in [3.8, 4) is 0 Å². The highest BCUT2D eigenvalue weighted by Crippen LogP contribution is 2.71. The molecule has 4 atom stereocenters. The maximum Gasteiger partial charge on any atom is 0.226 e. The van der Waals surface area contributed by atoms with E-state index < -0.39 is 0 Å². The lowest BCUT2D eigenvalue weighted by molar-refractivity contribution is -0.166. The summed E-state index contributed by atoms with van der Waals surface area (Å²) in [4.78, 5) is 13.8. The molecule has 0 aromatic heterocycles. The Labute approximate surface area is 175 Å². The Bertz CT molecular complexity index is 822. The SMILES string of the molecule is CC[C@]12CC3CC(C(=O)NC4CC5(CC(N)C5)C4)(C1)C[C@@](c1ccccc1)(C3)C2. The zero-order valence-electron chi connectivity index (χ0n) is 17.9. The third-order valence-corrected chi connectivity index (χ3v) is 9.89. The number of nitrogens with one attached hydrogen (secondary N) is 1. The largest absolute Gasteiger partial charge is 0.353 e. The fourth-order valence-corrected chi connectivity index (χ4v) is 9.21. The molecule has 6 aliphatic rings. The van der Waals surface area contributed by atoms with E-state index in [0.717, 1.165) is 38.0 Å². The van der Waals surface area contributed by atoms with Crippen molar-refractivity contribution in [2.45, 2.75) is 95.1 Å². The van der Waals surface area contributed by atoms with Crippen LogP contribution in [0.15, 0.2) is 30.3 Å². The zero-order chi connectivity index (χ0) is 19.9. The van der Waals surface area contributed by atoms with Crippen LogP contribution in [0.3, 0.4) is 0 Å². The fourth-order valence-electron chi connectivity index (χ4n) is 9.21. The summed E-state index contributed by atoms with van der Waals surface area (Å²) in [5.74, 6) is 1.11. The van der Waals surface area contributed by atoms with Gasteiger partial charge in [0, 0.05) is 12.1 Å². The first-order chi connectivity index (χ1) is 13.9. The second-order valence-electron chi connectivity index (χ2n) is 12.0. The number of rotatable bonds is 4. The number of carbonyl (C=O) groups is 1. The van der Waals surface area contributed by atoms with E-state index in [1.165, 1.54) is 44.1 Å². The van der Waals surface area contributed by atoms with E-state index in [0.29, 0.717) is 28.8 Å². The van der Waals surface area contributed by atoms with Gasteiger partial charge in [0.25, 0.3) is 0 Å². The zero-order valence-corrected chi connectivity index (χ0v) is 17.9. The van der Waals surface area contributed by atoms with Crippen molar-refractivity contribution in [2.75, 3.05) is 0 Å². The summed E-state index contributed by atoms with van der Waals surface area (Å²) in [6.07, 6.45) is 13.1. The number of nitrogens with two attached hydrogens (primary N) is 1. The maximum absolute atomic E-state index is 13.8. The molecule has 156 valence electrons. The van der Waals surface area contributed by atoms with Gasteiger partial charge in [0.15, 0.2) is 0 Å². The van der Waals surface area contributed by atoms with Crippen molar-refractivity contribution in [1.82, 2.24) is 5.32 Å². The first kappa shape index (κ1) is 18.4. The van der Waals surface area contributed by atoms with Gasteiger partial charge in [-0.25, -0.2) is 0 Å². The monoisotopic (exact) mass is 392 g/mol. The normalized spacial score (nSPS) is 49.5. The summed E-state index contributed by atoms with van der Waals surface area (Å²) in [6.45, 7) is 2.37. The van der Waals surface area contributed by atoms with Crippen LogP contribution >= 0.6 is 0 Å². The van der Waals surface area contributed by atoms with Crippen LogP contribution in [0.2, 0.25) is 0 Å². The molecule has 3 heteroatoms. The van der Waals surface area contributed by atoms with E-state index in [2.05, 4.69) is 42.6 Å². The van der Waals surface area contributed by atoms with E-state index in [9.17, 15) is 4.79 Å². The van der Waals surface area contributed by atoms with Gasteiger partial charge in [-0.15, -0.1) is 0 Å². The molecule has 0 saturated heterocycles. The van der Waals surface area contributed by atoms with Crippen LogP contribution in [-0.2, 0) is 10.2 Å². The topological polar surface area (TPSA) is 55.1 Å². The van der Waals surface area contributed by atoms with Crippen LogP contribution in [0.25, 0.3) is 0 Å². The Morgan fingerprint density at radius 3 is 2.45 bits per heavy atom. The van der Waals surface area contributed by atoms with Crippen LogP contribution in [0.5, 0.6) is 0 Å². The van der Waals surface area contributed by atoms with Crippen molar-refractivity contribution in [2.24, 2.45) is 27.9 Å². The third kappa shape index (κ3) is 2.62. The lowest BCUT2D eigenvalue weighted by atomic mass is 9.38. The molecule has 29 heavy (non-hydrogen) atoms. The number of carbonyl (C=O) groups excluding carboxylic acids is 1. The molecule has 0 radical (unpaired) electrons. The van der Waals surface area contributed by atoms with Gasteiger partial charge < -0.3 is 11.1 Å². The standard InChI is InChI=1S/C26H36N2O/c1-2-23-8-18-9-25(15-23,19-6-4-3-5-7-19)17-26(10-18,16-23)22(29)28-21-13-24(14-21)11-20(27)12-24/h3-7,18,20-21H,2,8-17,27H2,1H3,(H,28,29)/t18?,20?,21?,23-,24?,25-,26?/m1/s1. The highest BCUT2D eigenvalue weighted by atomic mass is 16.2. The summed E-state index contributed by atoms with van der Waals surface area (Å²) in [5.41, 5.74) is 8.45. The van der Waals surface area contributed by atoms with E-state index in [4.69, 9.17) is 5.73 Å². The minimum absolute atomic E-state index is 0.135. The Morgan fingerprint density at radius 2 is 1.76 bits per heavy atom. The van der Waals surface area contributed by atoms with E-state index in [1.807, 2.05) is 0 Å². The summed E-state index contributed by atoms with van der Waals surface area (Å²) >= 11 is 0. The van der Waals surface area contributed by atoms with Crippen LogP contribution in [0.1, 0.15) is 83.1 Å². The van der Waals surface area contributed by atoms with Crippen molar-refractivity contribution in [3.63, 3.8) is 0 Å². The summed E-state index contributed by atoms with van der Waals surface area (Å²) in [5, 5.41) is 3.54. The average Bonchev–Trinajstić information content (AvgIpc) is 2.65. The maximum atomic E-state index is 13.8. The Kier molecular flexibility index (Phi) is 3.73. The minimum atomic E-state index is -0.135. The van der Waals surface area contributed by atoms with Gasteiger partial charge in [0.1, 0.15) is 0 Å². The Morgan fingerprint density at radius 1 is 1.00 bits per heavy atom. The molecule has 1 spiro atoms. The molecular formula is C26H36N2O. The van der Waals surface area contributed by atoms with Crippen LogP contribution in [0, 0.1) is 22.2 Å². The Hall–Kier alpha value is -1.35.